The van der Waals surface area contributed by atoms with E-state index in [4.69, 9.17) is 5.73 Å². The largest absolute Gasteiger partial charge is 0.320 e. The minimum atomic E-state index is -0.217. The van der Waals surface area contributed by atoms with Gasteiger partial charge in [-0.25, -0.2) is 4.68 Å². The van der Waals surface area contributed by atoms with Crippen molar-refractivity contribution >= 4 is 0 Å². The van der Waals surface area contributed by atoms with Crippen molar-refractivity contribution in [3.63, 3.8) is 0 Å². The topological polar surface area (TPSA) is 56.7 Å². The molecule has 1 heterocycles. The normalized spacial score (nSPS) is 20.8. The van der Waals surface area contributed by atoms with Crippen LogP contribution in [0.2, 0.25) is 0 Å². The van der Waals surface area contributed by atoms with Crippen molar-refractivity contribution in [1.82, 2.24) is 15.0 Å². The third-order valence-electron chi connectivity index (χ3n) is 3.30. The third-order valence-corrected chi connectivity index (χ3v) is 3.30. The molecule has 2 rings (SSSR count). The summed E-state index contributed by atoms with van der Waals surface area (Å²) < 4.78 is 1.89. The fourth-order valence-corrected chi connectivity index (χ4v) is 2.20. The first-order valence-corrected chi connectivity index (χ1v) is 5.83. The molecule has 0 amide bonds. The molecule has 4 nitrogen and oxygen atoms in total. The van der Waals surface area contributed by atoms with E-state index >= 15 is 0 Å². The van der Waals surface area contributed by atoms with Crippen LogP contribution in [0.25, 0.3) is 0 Å². The summed E-state index contributed by atoms with van der Waals surface area (Å²) in [5.41, 5.74) is 7.13. The van der Waals surface area contributed by atoms with Crippen molar-refractivity contribution in [1.29, 1.82) is 0 Å². The summed E-state index contributed by atoms with van der Waals surface area (Å²) in [6.45, 7) is 4.20. The van der Waals surface area contributed by atoms with Crippen molar-refractivity contribution in [2.75, 3.05) is 0 Å². The first kappa shape index (κ1) is 10.6. The number of nitrogens with zero attached hydrogens (tertiary/aromatic N) is 3. The highest BCUT2D eigenvalue weighted by Gasteiger charge is 2.32. The molecule has 0 radical (unpaired) electrons. The molecule has 0 aromatic carbocycles. The van der Waals surface area contributed by atoms with Gasteiger partial charge in [-0.1, -0.05) is 24.5 Å². The minimum Gasteiger partial charge on any atom is -0.320 e. The lowest BCUT2D eigenvalue weighted by Crippen LogP contribution is -2.39. The highest BCUT2D eigenvalue weighted by molar-refractivity contribution is 5.10. The van der Waals surface area contributed by atoms with E-state index in [1.165, 1.54) is 19.3 Å². The molecule has 0 aliphatic heterocycles. The van der Waals surface area contributed by atoms with Gasteiger partial charge in [0.05, 0.1) is 11.7 Å². The van der Waals surface area contributed by atoms with Crippen molar-refractivity contribution < 1.29 is 0 Å². The summed E-state index contributed by atoms with van der Waals surface area (Å²) in [6.07, 6.45) is 7.83. The maximum absolute atomic E-state index is 6.38. The molecule has 84 valence electrons. The van der Waals surface area contributed by atoms with Crippen LogP contribution in [0.1, 0.15) is 57.7 Å². The zero-order valence-corrected chi connectivity index (χ0v) is 9.61. The van der Waals surface area contributed by atoms with Crippen LogP contribution in [-0.4, -0.2) is 15.0 Å². The lowest BCUT2D eigenvalue weighted by molar-refractivity contribution is 0.294. The molecule has 4 heteroatoms. The van der Waals surface area contributed by atoms with Crippen molar-refractivity contribution in [3.8, 4) is 0 Å². The van der Waals surface area contributed by atoms with E-state index in [1.807, 2.05) is 10.9 Å². The van der Waals surface area contributed by atoms with Crippen LogP contribution in [0.15, 0.2) is 6.20 Å². The molecule has 15 heavy (non-hydrogen) atoms. The number of hydrogen-bond acceptors (Lipinski definition) is 3. The predicted octanol–water partition coefficient (Wildman–Crippen LogP) is 1.98. The summed E-state index contributed by atoms with van der Waals surface area (Å²) in [4.78, 5) is 0. The van der Waals surface area contributed by atoms with E-state index in [2.05, 4.69) is 24.2 Å². The van der Waals surface area contributed by atoms with Crippen LogP contribution in [0, 0.1) is 0 Å². The molecule has 0 unspecified atom stereocenters. The number of nitrogens with two attached hydrogens (primary N) is 1. The maximum Gasteiger partial charge on any atom is 0.103 e. The number of hydrogen-bond donors (Lipinski definition) is 1. The molecule has 0 atom stereocenters. The summed E-state index contributed by atoms with van der Waals surface area (Å²) in [6, 6.07) is 0.360. The standard InChI is InChI=1S/C11H20N4/c1-9(2)15-8-10(13-14-15)11(12)6-4-3-5-7-11/h8-9H,3-7,12H2,1-2H3. The molecule has 0 bridgehead atoms. The molecular formula is C11H20N4. The highest BCUT2D eigenvalue weighted by Crippen LogP contribution is 2.33. The van der Waals surface area contributed by atoms with Crippen LogP contribution in [0.3, 0.4) is 0 Å². The van der Waals surface area contributed by atoms with Crippen LogP contribution in [0.4, 0.5) is 0 Å². The van der Waals surface area contributed by atoms with Crippen molar-refractivity contribution in [3.05, 3.63) is 11.9 Å². The van der Waals surface area contributed by atoms with Crippen molar-refractivity contribution in [2.45, 2.75) is 57.5 Å². The Hall–Kier alpha value is -0.900. The smallest absolute Gasteiger partial charge is 0.103 e. The number of rotatable bonds is 2. The fraction of sp³-hybridized carbons (Fsp3) is 0.818. The van der Waals surface area contributed by atoms with E-state index in [0.717, 1.165) is 18.5 Å². The average Bonchev–Trinajstić information content (AvgIpc) is 2.68. The Labute approximate surface area is 90.8 Å². The van der Waals surface area contributed by atoms with Crippen LogP contribution in [-0.2, 0) is 5.54 Å². The Morgan fingerprint density at radius 2 is 2.00 bits per heavy atom. The number of aromatic nitrogens is 3. The Bertz CT molecular complexity index is 323. The summed E-state index contributed by atoms with van der Waals surface area (Å²) >= 11 is 0. The lowest BCUT2D eigenvalue weighted by Gasteiger charge is -2.31. The molecule has 1 aliphatic rings. The second-order valence-electron chi connectivity index (χ2n) is 4.89. The Morgan fingerprint density at radius 1 is 1.33 bits per heavy atom. The summed E-state index contributed by atoms with van der Waals surface area (Å²) in [7, 11) is 0. The predicted molar refractivity (Wildman–Crippen MR) is 59.4 cm³/mol. The van der Waals surface area contributed by atoms with Gasteiger partial charge < -0.3 is 5.73 Å². The summed E-state index contributed by atoms with van der Waals surface area (Å²) in [5, 5.41) is 8.34. The van der Waals surface area contributed by atoms with Crippen molar-refractivity contribution in [2.24, 2.45) is 5.73 Å². The van der Waals surface area contributed by atoms with Crippen LogP contribution in [0.5, 0.6) is 0 Å². The highest BCUT2D eigenvalue weighted by atomic mass is 15.4. The minimum absolute atomic E-state index is 0.217. The van der Waals surface area contributed by atoms with Gasteiger partial charge in [0.15, 0.2) is 0 Å². The molecular weight excluding hydrogens is 188 g/mol. The van der Waals surface area contributed by atoms with Gasteiger partial charge in [-0.05, 0) is 26.7 Å². The van der Waals surface area contributed by atoms with Crippen LogP contribution < -0.4 is 5.73 Å². The fourth-order valence-electron chi connectivity index (χ4n) is 2.20. The second kappa shape index (κ2) is 3.93. The molecule has 1 aromatic rings. The van der Waals surface area contributed by atoms with E-state index in [0.29, 0.717) is 6.04 Å². The molecule has 1 aromatic heterocycles. The van der Waals surface area contributed by atoms with E-state index in [-0.39, 0.29) is 5.54 Å². The lowest BCUT2D eigenvalue weighted by atomic mass is 9.80. The Kier molecular flexibility index (Phi) is 2.78. The monoisotopic (exact) mass is 208 g/mol. The van der Waals surface area contributed by atoms with Crippen LogP contribution >= 0.6 is 0 Å². The third kappa shape index (κ3) is 2.04. The van der Waals surface area contributed by atoms with Gasteiger partial charge in [-0.2, -0.15) is 0 Å². The molecule has 1 fully saturated rings. The first-order chi connectivity index (χ1) is 7.12. The van der Waals surface area contributed by atoms with Gasteiger partial charge >= 0.3 is 0 Å². The summed E-state index contributed by atoms with van der Waals surface area (Å²) in [5.74, 6) is 0. The van der Waals surface area contributed by atoms with Gasteiger partial charge in [-0.3, -0.25) is 0 Å². The zero-order valence-electron chi connectivity index (χ0n) is 9.61. The van der Waals surface area contributed by atoms with Gasteiger partial charge in [-0.15, -0.1) is 5.10 Å². The molecule has 2 N–H and O–H groups in total. The van der Waals surface area contributed by atoms with E-state index in [9.17, 15) is 0 Å². The molecule has 0 spiro atoms. The zero-order chi connectivity index (χ0) is 10.9. The Morgan fingerprint density at radius 3 is 2.53 bits per heavy atom. The van der Waals surface area contributed by atoms with Gasteiger partial charge in [0.2, 0.25) is 0 Å². The Balaban J connectivity index is 2.20. The van der Waals surface area contributed by atoms with E-state index < -0.39 is 0 Å². The van der Waals surface area contributed by atoms with E-state index in [1.54, 1.807) is 0 Å². The first-order valence-electron chi connectivity index (χ1n) is 5.83. The van der Waals surface area contributed by atoms with Gasteiger partial charge in [0.25, 0.3) is 0 Å². The maximum atomic E-state index is 6.38. The SMILES string of the molecule is CC(C)n1cc(C2(N)CCCCC2)nn1. The molecule has 0 saturated heterocycles. The second-order valence-corrected chi connectivity index (χ2v) is 4.89. The molecule has 1 aliphatic carbocycles. The quantitative estimate of drug-likeness (QED) is 0.808. The molecule has 1 saturated carbocycles. The van der Waals surface area contributed by atoms with Gasteiger partial charge in [0.1, 0.15) is 5.69 Å². The average molecular weight is 208 g/mol. The van der Waals surface area contributed by atoms with Gasteiger partial charge in [0, 0.05) is 6.04 Å².